The van der Waals surface area contributed by atoms with Gasteiger partial charge in [0, 0.05) is 6.42 Å². The molecule has 0 fully saturated rings. The maximum Gasteiger partial charge on any atom is 0.389 e. The van der Waals surface area contributed by atoms with Gasteiger partial charge in [-0.2, -0.15) is 18.4 Å². The van der Waals surface area contributed by atoms with Crippen molar-refractivity contribution < 1.29 is 13.2 Å². The van der Waals surface area contributed by atoms with E-state index in [4.69, 9.17) is 5.26 Å². The SMILES string of the molecule is N#Cc1cnc(CCC(F)(F)F)[nH]c1=O. The summed E-state index contributed by atoms with van der Waals surface area (Å²) in [5.41, 5.74) is -0.935. The summed E-state index contributed by atoms with van der Waals surface area (Å²) in [6, 6.07) is 1.57. The van der Waals surface area contributed by atoms with Gasteiger partial charge < -0.3 is 4.98 Å². The monoisotopic (exact) mass is 217 g/mol. The lowest BCUT2D eigenvalue weighted by Crippen LogP contribution is -2.16. The molecular weight excluding hydrogens is 211 g/mol. The lowest BCUT2D eigenvalue weighted by molar-refractivity contribution is -0.134. The summed E-state index contributed by atoms with van der Waals surface area (Å²) in [7, 11) is 0. The molecule has 0 unspecified atom stereocenters. The quantitative estimate of drug-likeness (QED) is 0.807. The van der Waals surface area contributed by atoms with Crippen LogP contribution in [0.25, 0.3) is 0 Å². The summed E-state index contributed by atoms with van der Waals surface area (Å²) >= 11 is 0. The Kier molecular flexibility index (Phi) is 3.09. The topological polar surface area (TPSA) is 69.5 Å². The molecule has 0 aromatic carbocycles. The highest BCUT2D eigenvalue weighted by Gasteiger charge is 2.26. The van der Waals surface area contributed by atoms with E-state index >= 15 is 0 Å². The van der Waals surface area contributed by atoms with Gasteiger partial charge in [0.1, 0.15) is 17.5 Å². The van der Waals surface area contributed by atoms with Crippen molar-refractivity contribution in [3.8, 4) is 6.07 Å². The van der Waals surface area contributed by atoms with Crippen molar-refractivity contribution in [1.82, 2.24) is 9.97 Å². The van der Waals surface area contributed by atoms with Gasteiger partial charge in [0.05, 0.1) is 12.6 Å². The molecule has 1 rings (SSSR count). The largest absolute Gasteiger partial charge is 0.389 e. The zero-order chi connectivity index (χ0) is 11.5. The molecule has 1 aromatic rings. The molecule has 7 heteroatoms. The van der Waals surface area contributed by atoms with Crippen LogP contribution in [0.4, 0.5) is 13.2 Å². The van der Waals surface area contributed by atoms with Crippen LogP contribution >= 0.6 is 0 Å². The van der Waals surface area contributed by atoms with Crippen LogP contribution in [0.2, 0.25) is 0 Å². The van der Waals surface area contributed by atoms with Crippen LogP contribution in [0.3, 0.4) is 0 Å². The Bertz CT molecular complexity index is 444. The average Bonchev–Trinajstić information content (AvgIpc) is 2.14. The maximum atomic E-state index is 11.8. The summed E-state index contributed by atoms with van der Waals surface area (Å²) < 4.78 is 35.4. The number of aromatic nitrogens is 2. The van der Waals surface area contributed by atoms with Gasteiger partial charge in [-0.25, -0.2) is 4.98 Å². The highest BCUT2D eigenvalue weighted by Crippen LogP contribution is 2.20. The van der Waals surface area contributed by atoms with Crippen LogP contribution in [-0.2, 0) is 6.42 Å². The van der Waals surface area contributed by atoms with Crippen molar-refractivity contribution >= 4 is 0 Å². The zero-order valence-corrected chi connectivity index (χ0v) is 7.43. The van der Waals surface area contributed by atoms with Gasteiger partial charge >= 0.3 is 6.18 Å². The van der Waals surface area contributed by atoms with E-state index in [1.807, 2.05) is 0 Å². The van der Waals surface area contributed by atoms with Crippen molar-refractivity contribution in [2.45, 2.75) is 19.0 Å². The molecule has 0 aliphatic carbocycles. The standard InChI is InChI=1S/C8H6F3N3O/c9-8(10,11)2-1-6-13-4-5(3-12)7(15)14-6/h4H,1-2H2,(H,13,14,15). The normalized spacial score (nSPS) is 11.1. The first-order chi connectivity index (χ1) is 6.92. The average molecular weight is 217 g/mol. The van der Waals surface area contributed by atoms with Gasteiger partial charge in [-0.3, -0.25) is 4.79 Å². The molecular formula is C8H6F3N3O. The third kappa shape index (κ3) is 3.42. The molecule has 0 aliphatic rings. The molecule has 15 heavy (non-hydrogen) atoms. The second kappa shape index (κ2) is 4.13. The number of nitriles is 1. The first-order valence-corrected chi connectivity index (χ1v) is 3.97. The highest BCUT2D eigenvalue weighted by molar-refractivity contribution is 5.21. The van der Waals surface area contributed by atoms with Crippen LogP contribution in [0, 0.1) is 11.3 Å². The minimum absolute atomic E-state index is 0.0728. The molecule has 0 atom stereocenters. The molecule has 4 nitrogen and oxygen atoms in total. The lowest BCUT2D eigenvalue weighted by atomic mass is 10.3. The van der Waals surface area contributed by atoms with Crippen molar-refractivity contribution in [3.05, 3.63) is 27.9 Å². The third-order valence-electron chi connectivity index (χ3n) is 1.62. The molecule has 0 saturated carbocycles. The number of H-pyrrole nitrogens is 1. The van der Waals surface area contributed by atoms with Gasteiger partial charge in [-0.05, 0) is 0 Å². The summed E-state index contributed by atoms with van der Waals surface area (Å²) in [5, 5.41) is 8.38. The Labute approximate surface area is 82.4 Å². The Morgan fingerprint density at radius 1 is 1.53 bits per heavy atom. The molecule has 0 radical (unpaired) electrons. The van der Waals surface area contributed by atoms with E-state index < -0.39 is 24.6 Å². The van der Waals surface area contributed by atoms with Gasteiger partial charge in [0.15, 0.2) is 0 Å². The van der Waals surface area contributed by atoms with Crippen LogP contribution in [0.5, 0.6) is 0 Å². The first kappa shape index (κ1) is 11.2. The number of rotatable bonds is 2. The molecule has 0 saturated heterocycles. The zero-order valence-electron chi connectivity index (χ0n) is 7.43. The minimum atomic E-state index is -4.29. The fraction of sp³-hybridized carbons (Fsp3) is 0.375. The predicted molar refractivity (Wildman–Crippen MR) is 43.9 cm³/mol. The first-order valence-electron chi connectivity index (χ1n) is 3.97. The number of nitrogens with zero attached hydrogens (tertiary/aromatic N) is 2. The van der Waals surface area contributed by atoms with E-state index in [0.29, 0.717) is 0 Å². The van der Waals surface area contributed by atoms with Crippen LogP contribution in [0.1, 0.15) is 17.8 Å². The number of alkyl halides is 3. The van der Waals surface area contributed by atoms with E-state index in [9.17, 15) is 18.0 Å². The summed E-state index contributed by atoms with van der Waals surface area (Å²) in [6.45, 7) is 0. The fourth-order valence-electron chi connectivity index (χ4n) is 0.899. The molecule has 0 aliphatic heterocycles. The van der Waals surface area contributed by atoms with E-state index in [0.717, 1.165) is 6.20 Å². The Hall–Kier alpha value is -1.84. The van der Waals surface area contributed by atoms with Crippen LogP contribution in [-0.4, -0.2) is 16.1 Å². The van der Waals surface area contributed by atoms with E-state index in [2.05, 4.69) is 9.97 Å². The third-order valence-corrected chi connectivity index (χ3v) is 1.62. The Balaban J connectivity index is 2.78. The van der Waals surface area contributed by atoms with Crippen molar-refractivity contribution in [2.24, 2.45) is 0 Å². The molecule has 1 aromatic heterocycles. The van der Waals surface area contributed by atoms with Crippen molar-refractivity contribution in [1.29, 1.82) is 5.26 Å². The van der Waals surface area contributed by atoms with Gasteiger partial charge in [0.2, 0.25) is 0 Å². The lowest BCUT2D eigenvalue weighted by Gasteiger charge is -2.04. The van der Waals surface area contributed by atoms with Gasteiger partial charge in [0.25, 0.3) is 5.56 Å². The fourth-order valence-corrected chi connectivity index (χ4v) is 0.899. The van der Waals surface area contributed by atoms with Crippen LogP contribution < -0.4 is 5.56 Å². The molecule has 0 bridgehead atoms. The summed E-state index contributed by atoms with van der Waals surface area (Å²) in [5.74, 6) is -0.0728. The Morgan fingerprint density at radius 3 is 2.67 bits per heavy atom. The van der Waals surface area contributed by atoms with Crippen molar-refractivity contribution in [3.63, 3.8) is 0 Å². The van der Waals surface area contributed by atoms with E-state index in [1.165, 1.54) is 0 Å². The molecule has 0 spiro atoms. The molecule has 1 N–H and O–H groups in total. The van der Waals surface area contributed by atoms with E-state index in [1.54, 1.807) is 6.07 Å². The van der Waals surface area contributed by atoms with E-state index in [-0.39, 0.29) is 11.4 Å². The van der Waals surface area contributed by atoms with Crippen LogP contribution in [0.15, 0.2) is 11.0 Å². The molecule has 1 heterocycles. The number of nitrogens with one attached hydrogen (secondary N) is 1. The maximum absolute atomic E-state index is 11.8. The molecule has 80 valence electrons. The van der Waals surface area contributed by atoms with Gasteiger partial charge in [-0.15, -0.1) is 0 Å². The Morgan fingerprint density at radius 2 is 2.20 bits per heavy atom. The number of hydrogen-bond donors (Lipinski definition) is 1. The number of hydrogen-bond acceptors (Lipinski definition) is 3. The molecule has 0 amide bonds. The summed E-state index contributed by atoms with van der Waals surface area (Å²) in [4.78, 5) is 16.6. The van der Waals surface area contributed by atoms with Crippen molar-refractivity contribution in [2.75, 3.05) is 0 Å². The highest BCUT2D eigenvalue weighted by atomic mass is 19.4. The smallest absolute Gasteiger partial charge is 0.309 e. The second-order valence-corrected chi connectivity index (χ2v) is 2.80. The summed E-state index contributed by atoms with van der Waals surface area (Å²) in [6.07, 6.45) is -4.77. The second-order valence-electron chi connectivity index (χ2n) is 2.80. The number of aryl methyl sites for hydroxylation is 1. The number of halogens is 3. The van der Waals surface area contributed by atoms with Gasteiger partial charge in [-0.1, -0.05) is 0 Å². The predicted octanol–water partition coefficient (Wildman–Crippen LogP) is 1.14. The minimum Gasteiger partial charge on any atom is -0.309 e. The number of aromatic amines is 1.